The summed E-state index contributed by atoms with van der Waals surface area (Å²) in [5.74, 6) is -0.947. The Hall–Kier alpha value is -2.30. The standard InChI is InChI=1S/C15H11N5O2S3/c1-7-5-12(23-8(7)2)20-14(17-18-19-20)25-15-16-10-4-3-9(13(21)22)6-11(10)24-15/h3-6H,1-2H3,(H,21,22). The van der Waals surface area contributed by atoms with Gasteiger partial charge in [-0.25, -0.2) is 9.78 Å². The lowest BCUT2D eigenvalue weighted by atomic mass is 10.2. The number of thiazole rings is 1. The summed E-state index contributed by atoms with van der Waals surface area (Å²) in [5, 5.41) is 22.6. The summed E-state index contributed by atoms with van der Waals surface area (Å²) in [7, 11) is 0. The summed E-state index contributed by atoms with van der Waals surface area (Å²) in [6.07, 6.45) is 0. The van der Waals surface area contributed by atoms with Crippen LogP contribution in [0, 0.1) is 13.8 Å². The van der Waals surface area contributed by atoms with Crippen LogP contribution in [0.4, 0.5) is 0 Å². The Kier molecular flexibility index (Phi) is 4.02. The third-order valence-electron chi connectivity index (χ3n) is 3.60. The van der Waals surface area contributed by atoms with Crippen LogP contribution in [0.15, 0.2) is 33.8 Å². The molecule has 126 valence electrons. The summed E-state index contributed by atoms with van der Waals surface area (Å²) < 4.78 is 3.28. The number of hydrogen-bond donors (Lipinski definition) is 1. The molecule has 0 radical (unpaired) electrons. The number of thiophene rings is 1. The molecule has 7 nitrogen and oxygen atoms in total. The summed E-state index contributed by atoms with van der Waals surface area (Å²) in [5.41, 5.74) is 2.22. The smallest absolute Gasteiger partial charge is 0.335 e. The van der Waals surface area contributed by atoms with Gasteiger partial charge in [0.15, 0.2) is 4.34 Å². The van der Waals surface area contributed by atoms with Gasteiger partial charge >= 0.3 is 5.97 Å². The van der Waals surface area contributed by atoms with Crippen molar-refractivity contribution in [2.75, 3.05) is 0 Å². The molecule has 0 unspecified atom stereocenters. The Bertz CT molecular complexity index is 1080. The first kappa shape index (κ1) is 16.2. The maximum absolute atomic E-state index is 11.1. The highest BCUT2D eigenvalue weighted by Gasteiger charge is 2.16. The molecule has 0 bridgehead atoms. The number of aryl methyl sites for hydroxylation is 2. The minimum Gasteiger partial charge on any atom is -0.478 e. The van der Waals surface area contributed by atoms with Gasteiger partial charge in [-0.1, -0.05) is 0 Å². The maximum atomic E-state index is 11.1. The molecule has 4 rings (SSSR count). The number of aromatic nitrogens is 5. The molecule has 1 aromatic carbocycles. The molecular weight excluding hydrogens is 378 g/mol. The number of nitrogens with zero attached hydrogens (tertiary/aromatic N) is 5. The Morgan fingerprint density at radius 2 is 2.08 bits per heavy atom. The zero-order valence-electron chi connectivity index (χ0n) is 13.1. The van der Waals surface area contributed by atoms with Crippen LogP contribution in [-0.2, 0) is 0 Å². The van der Waals surface area contributed by atoms with E-state index in [1.165, 1.54) is 33.5 Å². The fourth-order valence-electron chi connectivity index (χ4n) is 2.20. The monoisotopic (exact) mass is 389 g/mol. The summed E-state index contributed by atoms with van der Waals surface area (Å²) in [4.78, 5) is 16.8. The van der Waals surface area contributed by atoms with Crippen molar-refractivity contribution < 1.29 is 9.90 Å². The van der Waals surface area contributed by atoms with E-state index in [-0.39, 0.29) is 5.56 Å². The molecule has 4 aromatic rings. The van der Waals surface area contributed by atoms with Crippen LogP contribution in [0.25, 0.3) is 15.2 Å². The van der Waals surface area contributed by atoms with Gasteiger partial charge in [0.1, 0.15) is 5.00 Å². The topological polar surface area (TPSA) is 93.8 Å². The lowest BCUT2D eigenvalue weighted by molar-refractivity contribution is 0.0697. The molecular formula is C15H11N5O2S3. The molecule has 0 fully saturated rings. The number of tetrazole rings is 1. The average Bonchev–Trinajstić information content (AvgIpc) is 3.26. The minimum atomic E-state index is -0.947. The molecule has 25 heavy (non-hydrogen) atoms. The molecule has 3 aromatic heterocycles. The first-order valence-corrected chi connectivity index (χ1v) is 9.64. The Labute approximate surface area is 154 Å². The van der Waals surface area contributed by atoms with Crippen molar-refractivity contribution >= 4 is 50.6 Å². The van der Waals surface area contributed by atoms with Gasteiger partial charge in [-0.05, 0) is 65.9 Å². The SMILES string of the molecule is Cc1cc(-n2nnnc2Sc2nc3ccc(C(=O)O)cc3s2)sc1C. The van der Waals surface area contributed by atoms with Gasteiger partial charge in [0, 0.05) is 4.88 Å². The van der Waals surface area contributed by atoms with E-state index < -0.39 is 5.97 Å². The fraction of sp³-hybridized carbons (Fsp3) is 0.133. The second kappa shape index (κ2) is 6.21. The van der Waals surface area contributed by atoms with Crippen LogP contribution < -0.4 is 0 Å². The quantitative estimate of drug-likeness (QED) is 0.567. The highest BCUT2D eigenvalue weighted by molar-refractivity contribution is 8.01. The van der Waals surface area contributed by atoms with Gasteiger partial charge in [-0.15, -0.1) is 27.8 Å². The van der Waals surface area contributed by atoms with E-state index in [2.05, 4.69) is 40.4 Å². The molecule has 0 saturated carbocycles. The third kappa shape index (κ3) is 3.03. The van der Waals surface area contributed by atoms with Gasteiger partial charge in [-0.2, -0.15) is 4.68 Å². The first-order valence-electron chi connectivity index (χ1n) is 7.19. The molecule has 0 aliphatic carbocycles. The van der Waals surface area contributed by atoms with Gasteiger partial charge in [0.25, 0.3) is 0 Å². The third-order valence-corrected chi connectivity index (χ3v) is 6.74. The number of fused-ring (bicyclic) bond motifs is 1. The van der Waals surface area contributed by atoms with E-state index in [4.69, 9.17) is 5.11 Å². The molecule has 1 N–H and O–H groups in total. The Morgan fingerprint density at radius 1 is 1.24 bits per heavy atom. The molecule has 3 heterocycles. The van der Waals surface area contributed by atoms with Crippen molar-refractivity contribution in [2.45, 2.75) is 23.3 Å². The maximum Gasteiger partial charge on any atom is 0.335 e. The zero-order valence-corrected chi connectivity index (χ0v) is 15.6. The van der Waals surface area contributed by atoms with E-state index in [1.807, 2.05) is 0 Å². The van der Waals surface area contributed by atoms with Crippen molar-refractivity contribution in [3.05, 3.63) is 40.3 Å². The number of carboxylic acid groups (broad SMARTS) is 1. The second-order valence-corrected chi connectivity index (χ2v) is 8.75. The van der Waals surface area contributed by atoms with E-state index >= 15 is 0 Å². The number of hydrogen-bond acceptors (Lipinski definition) is 8. The van der Waals surface area contributed by atoms with Gasteiger partial charge in [0.2, 0.25) is 5.16 Å². The zero-order chi connectivity index (χ0) is 17.6. The van der Waals surface area contributed by atoms with Gasteiger partial charge in [0.05, 0.1) is 15.8 Å². The highest BCUT2D eigenvalue weighted by Crippen LogP contribution is 2.35. The van der Waals surface area contributed by atoms with E-state index in [0.717, 1.165) is 19.6 Å². The normalized spacial score (nSPS) is 11.3. The Morgan fingerprint density at radius 3 is 2.80 bits per heavy atom. The van der Waals surface area contributed by atoms with Crippen molar-refractivity contribution in [3.63, 3.8) is 0 Å². The molecule has 0 amide bonds. The molecule has 0 aliphatic heterocycles. The fourth-order valence-corrected chi connectivity index (χ4v) is 5.23. The van der Waals surface area contributed by atoms with Crippen LogP contribution in [0.1, 0.15) is 20.8 Å². The first-order chi connectivity index (χ1) is 12.0. The van der Waals surface area contributed by atoms with E-state index in [1.54, 1.807) is 34.2 Å². The largest absolute Gasteiger partial charge is 0.478 e. The molecule has 10 heteroatoms. The van der Waals surface area contributed by atoms with E-state index in [0.29, 0.717) is 5.16 Å². The van der Waals surface area contributed by atoms with Crippen LogP contribution >= 0.6 is 34.4 Å². The van der Waals surface area contributed by atoms with Crippen LogP contribution in [0.5, 0.6) is 0 Å². The molecule has 0 spiro atoms. The van der Waals surface area contributed by atoms with Crippen LogP contribution in [-0.4, -0.2) is 36.3 Å². The lowest BCUT2D eigenvalue weighted by Gasteiger charge is -1.98. The van der Waals surface area contributed by atoms with Crippen molar-refractivity contribution in [3.8, 4) is 5.00 Å². The summed E-state index contributed by atoms with van der Waals surface area (Å²) in [6, 6.07) is 6.96. The summed E-state index contributed by atoms with van der Waals surface area (Å²) in [6.45, 7) is 4.12. The Balaban J connectivity index is 1.68. The molecule has 0 atom stereocenters. The van der Waals surface area contributed by atoms with Crippen LogP contribution in [0.3, 0.4) is 0 Å². The van der Waals surface area contributed by atoms with Crippen molar-refractivity contribution in [1.29, 1.82) is 0 Å². The highest BCUT2D eigenvalue weighted by atomic mass is 32.2. The van der Waals surface area contributed by atoms with Crippen molar-refractivity contribution in [1.82, 2.24) is 25.2 Å². The number of aromatic carboxylic acids is 1. The number of carboxylic acids is 1. The molecule has 0 aliphatic rings. The minimum absolute atomic E-state index is 0.252. The number of benzene rings is 1. The number of carbonyl (C=O) groups is 1. The van der Waals surface area contributed by atoms with Gasteiger partial charge < -0.3 is 5.11 Å². The van der Waals surface area contributed by atoms with Crippen molar-refractivity contribution in [2.24, 2.45) is 0 Å². The van der Waals surface area contributed by atoms with Crippen LogP contribution in [0.2, 0.25) is 0 Å². The molecule has 0 saturated heterocycles. The number of rotatable bonds is 4. The average molecular weight is 389 g/mol. The van der Waals surface area contributed by atoms with Gasteiger partial charge in [-0.3, -0.25) is 0 Å². The predicted molar refractivity (Wildman–Crippen MR) is 97.2 cm³/mol. The predicted octanol–water partition coefficient (Wildman–Crippen LogP) is 3.80. The lowest BCUT2D eigenvalue weighted by Crippen LogP contribution is -1.95. The van der Waals surface area contributed by atoms with E-state index in [9.17, 15) is 4.79 Å². The summed E-state index contributed by atoms with van der Waals surface area (Å²) >= 11 is 4.42. The second-order valence-electron chi connectivity index (χ2n) is 5.27.